The monoisotopic (exact) mass is 286 g/mol. The minimum absolute atomic E-state index is 0.286. The molecular formula is C12H18N2O4S. The molecule has 106 valence electrons. The van der Waals surface area contributed by atoms with E-state index in [0.29, 0.717) is 18.2 Å². The maximum absolute atomic E-state index is 11.6. The van der Waals surface area contributed by atoms with Gasteiger partial charge in [-0.1, -0.05) is 6.92 Å². The molecule has 0 spiro atoms. The van der Waals surface area contributed by atoms with Crippen LogP contribution in [0.15, 0.2) is 0 Å². The number of carbonyl (C=O) groups is 2. The van der Waals surface area contributed by atoms with Crippen LogP contribution in [0.2, 0.25) is 0 Å². The highest BCUT2D eigenvalue weighted by Gasteiger charge is 2.21. The van der Waals surface area contributed by atoms with Gasteiger partial charge in [0.15, 0.2) is 10.8 Å². The minimum Gasteiger partial charge on any atom is -0.467 e. The Morgan fingerprint density at radius 1 is 1.42 bits per heavy atom. The Bertz CT molecular complexity index is 459. The van der Waals surface area contributed by atoms with E-state index in [1.165, 1.54) is 18.4 Å². The summed E-state index contributed by atoms with van der Waals surface area (Å²) in [6.07, 6.45) is 0.569. The van der Waals surface area contributed by atoms with E-state index in [-0.39, 0.29) is 11.7 Å². The molecule has 1 atom stereocenters. The standard InChI is InChI=1S/C12H18N2O4S/c1-5-8(10(15)17-4)13-12-14-9(7(3)19-12)11(16)18-6-2/h8H,5-6H2,1-4H3,(H,13,14). The first-order chi connectivity index (χ1) is 9.03. The molecule has 0 aliphatic carbocycles. The van der Waals surface area contributed by atoms with Gasteiger partial charge in [-0.25, -0.2) is 14.6 Å². The number of methoxy groups -OCH3 is 1. The van der Waals surface area contributed by atoms with Gasteiger partial charge >= 0.3 is 11.9 Å². The fourth-order valence-corrected chi connectivity index (χ4v) is 2.32. The van der Waals surface area contributed by atoms with Crippen LogP contribution >= 0.6 is 11.3 Å². The highest BCUT2D eigenvalue weighted by atomic mass is 32.1. The van der Waals surface area contributed by atoms with Gasteiger partial charge in [-0.3, -0.25) is 0 Å². The Morgan fingerprint density at radius 2 is 2.11 bits per heavy atom. The van der Waals surface area contributed by atoms with Crippen molar-refractivity contribution in [3.8, 4) is 0 Å². The zero-order valence-corrected chi connectivity index (χ0v) is 12.3. The number of ether oxygens (including phenoxy) is 2. The molecule has 19 heavy (non-hydrogen) atoms. The molecule has 0 aliphatic rings. The van der Waals surface area contributed by atoms with Crippen LogP contribution in [0.5, 0.6) is 0 Å². The minimum atomic E-state index is -0.467. The van der Waals surface area contributed by atoms with E-state index in [2.05, 4.69) is 15.0 Å². The number of esters is 2. The van der Waals surface area contributed by atoms with E-state index < -0.39 is 12.0 Å². The Hall–Kier alpha value is -1.63. The predicted octanol–water partition coefficient (Wildman–Crippen LogP) is 1.99. The van der Waals surface area contributed by atoms with Gasteiger partial charge in [-0.05, 0) is 20.3 Å². The summed E-state index contributed by atoms with van der Waals surface area (Å²) in [5.74, 6) is -0.802. The van der Waals surface area contributed by atoms with Crippen molar-refractivity contribution in [1.82, 2.24) is 4.98 Å². The number of carbonyl (C=O) groups excluding carboxylic acids is 2. The van der Waals surface area contributed by atoms with Gasteiger partial charge in [0.2, 0.25) is 0 Å². The SMILES string of the molecule is CCOC(=O)c1nc(NC(CC)C(=O)OC)sc1C. The zero-order chi connectivity index (χ0) is 14.4. The zero-order valence-electron chi connectivity index (χ0n) is 11.5. The molecule has 1 aromatic rings. The number of thiazole rings is 1. The molecule has 1 N–H and O–H groups in total. The number of rotatable bonds is 6. The van der Waals surface area contributed by atoms with Gasteiger partial charge < -0.3 is 14.8 Å². The maximum atomic E-state index is 11.6. The van der Waals surface area contributed by atoms with E-state index in [1.807, 2.05) is 6.92 Å². The van der Waals surface area contributed by atoms with Crippen molar-refractivity contribution in [2.45, 2.75) is 33.2 Å². The van der Waals surface area contributed by atoms with Crippen LogP contribution in [0.3, 0.4) is 0 Å². The summed E-state index contributed by atoms with van der Waals surface area (Å²) in [6.45, 7) is 5.69. The number of hydrogen-bond donors (Lipinski definition) is 1. The molecule has 0 radical (unpaired) electrons. The highest BCUT2D eigenvalue weighted by Crippen LogP contribution is 2.23. The largest absolute Gasteiger partial charge is 0.467 e. The molecular weight excluding hydrogens is 268 g/mol. The third-order valence-corrected chi connectivity index (χ3v) is 3.36. The molecule has 6 nitrogen and oxygen atoms in total. The third kappa shape index (κ3) is 3.92. The Balaban J connectivity index is 2.83. The fraction of sp³-hybridized carbons (Fsp3) is 0.583. The lowest BCUT2D eigenvalue weighted by atomic mass is 10.2. The third-order valence-electron chi connectivity index (χ3n) is 2.46. The normalized spacial score (nSPS) is 11.8. The van der Waals surface area contributed by atoms with Crippen molar-refractivity contribution in [3.05, 3.63) is 10.6 Å². The van der Waals surface area contributed by atoms with Crippen molar-refractivity contribution in [2.24, 2.45) is 0 Å². The van der Waals surface area contributed by atoms with Crippen LogP contribution in [0.4, 0.5) is 5.13 Å². The van der Waals surface area contributed by atoms with Crippen molar-refractivity contribution in [3.63, 3.8) is 0 Å². The molecule has 0 fully saturated rings. The molecule has 0 amide bonds. The van der Waals surface area contributed by atoms with Crippen molar-refractivity contribution < 1.29 is 19.1 Å². The van der Waals surface area contributed by atoms with Crippen LogP contribution in [0.1, 0.15) is 35.6 Å². The maximum Gasteiger partial charge on any atom is 0.358 e. The molecule has 1 heterocycles. The molecule has 1 aromatic heterocycles. The average molecular weight is 286 g/mol. The second-order valence-corrected chi connectivity index (χ2v) is 4.98. The smallest absolute Gasteiger partial charge is 0.358 e. The van der Waals surface area contributed by atoms with Crippen LogP contribution in [-0.4, -0.2) is 36.7 Å². The van der Waals surface area contributed by atoms with Gasteiger partial charge in [0, 0.05) is 4.88 Å². The number of aryl methyl sites for hydroxylation is 1. The second kappa shape index (κ2) is 7.08. The Morgan fingerprint density at radius 3 is 2.63 bits per heavy atom. The number of nitrogens with one attached hydrogen (secondary N) is 1. The molecule has 7 heteroatoms. The summed E-state index contributed by atoms with van der Waals surface area (Å²) in [6, 6.07) is -0.467. The van der Waals surface area contributed by atoms with Crippen LogP contribution in [0, 0.1) is 6.92 Å². The topological polar surface area (TPSA) is 77.5 Å². The van der Waals surface area contributed by atoms with Crippen LogP contribution in [-0.2, 0) is 14.3 Å². The molecule has 0 saturated heterocycles. The first kappa shape index (κ1) is 15.4. The van der Waals surface area contributed by atoms with E-state index >= 15 is 0 Å². The number of hydrogen-bond acceptors (Lipinski definition) is 7. The Kier molecular flexibility index (Phi) is 5.75. The first-order valence-electron chi connectivity index (χ1n) is 6.02. The van der Waals surface area contributed by atoms with Gasteiger partial charge in [-0.2, -0.15) is 0 Å². The summed E-state index contributed by atoms with van der Waals surface area (Å²) in [5.41, 5.74) is 0.286. The predicted molar refractivity (Wildman–Crippen MR) is 72.5 cm³/mol. The van der Waals surface area contributed by atoms with Gasteiger partial charge in [0.05, 0.1) is 13.7 Å². The molecule has 0 bridgehead atoms. The lowest BCUT2D eigenvalue weighted by Crippen LogP contribution is -2.29. The Labute approximate surface area is 116 Å². The molecule has 1 unspecified atom stereocenters. The summed E-state index contributed by atoms with van der Waals surface area (Å²) in [4.78, 5) is 28.0. The summed E-state index contributed by atoms with van der Waals surface area (Å²) < 4.78 is 9.59. The average Bonchev–Trinajstić information content (AvgIpc) is 2.76. The van der Waals surface area contributed by atoms with Gasteiger partial charge in [0.1, 0.15) is 6.04 Å². The van der Waals surface area contributed by atoms with Crippen LogP contribution in [0.25, 0.3) is 0 Å². The first-order valence-corrected chi connectivity index (χ1v) is 6.84. The van der Waals surface area contributed by atoms with E-state index in [1.54, 1.807) is 13.8 Å². The lowest BCUT2D eigenvalue weighted by Gasteiger charge is -2.12. The lowest BCUT2D eigenvalue weighted by molar-refractivity contribution is -0.141. The summed E-state index contributed by atoms with van der Waals surface area (Å²) in [5, 5.41) is 3.47. The fourth-order valence-electron chi connectivity index (χ4n) is 1.47. The molecule has 0 aromatic carbocycles. The van der Waals surface area contributed by atoms with Gasteiger partial charge in [-0.15, -0.1) is 11.3 Å². The summed E-state index contributed by atoms with van der Waals surface area (Å²) in [7, 11) is 1.34. The van der Waals surface area contributed by atoms with Crippen molar-refractivity contribution in [1.29, 1.82) is 0 Å². The number of aromatic nitrogens is 1. The highest BCUT2D eigenvalue weighted by molar-refractivity contribution is 7.15. The van der Waals surface area contributed by atoms with E-state index in [9.17, 15) is 9.59 Å². The second-order valence-electron chi connectivity index (χ2n) is 3.77. The van der Waals surface area contributed by atoms with E-state index in [4.69, 9.17) is 4.74 Å². The molecule has 0 saturated carbocycles. The molecule has 0 aliphatic heterocycles. The van der Waals surface area contributed by atoms with Crippen molar-refractivity contribution in [2.75, 3.05) is 19.0 Å². The van der Waals surface area contributed by atoms with Crippen LogP contribution < -0.4 is 5.32 Å². The van der Waals surface area contributed by atoms with E-state index in [0.717, 1.165) is 4.88 Å². The quantitative estimate of drug-likeness (QED) is 0.806. The number of nitrogens with zero attached hydrogens (tertiary/aromatic N) is 1. The number of anilines is 1. The van der Waals surface area contributed by atoms with Crippen molar-refractivity contribution >= 4 is 28.4 Å². The molecule has 1 rings (SSSR count). The summed E-state index contributed by atoms with van der Waals surface area (Å²) >= 11 is 1.31. The van der Waals surface area contributed by atoms with Gasteiger partial charge in [0.25, 0.3) is 0 Å².